The lowest BCUT2D eigenvalue weighted by molar-refractivity contribution is -0.153. The fourth-order valence-corrected chi connectivity index (χ4v) is 3.88. The van der Waals surface area contributed by atoms with E-state index in [4.69, 9.17) is 0 Å². The largest absolute Gasteiger partial charge is 0.481 e. The molecule has 0 aromatic heterocycles. The Hall–Kier alpha value is -0.310. The maximum atomic E-state index is 11.2. The molecule has 2 aliphatic rings. The van der Waals surface area contributed by atoms with Gasteiger partial charge in [0.05, 0.1) is 5.41 Å². The van der Waals surface area contributed by atoms with Crippen LogP contribution in [-0.2, 0) is 4.79 Å². The van der Waals surface area contributed by atoms with Gasteiger partial charge in [-0.15, -0.1) is 0 Å². The van der Waals surface area contributed by atoms with Crippen LogP contribution in [0.3, 0.4) is 0 Å². The molecule has 0 unspecified atom stereocenters. The first kappa shape index (κ1) is 9.25. The second-order valence-electron chi connectivity index (χ2n) is 4.54. The fraction of sp³-hybridized carbons (Fsp3) is 0.700. The monoisotopic (exact) mass is 244 g/mol. The van der Waals surface area contributed by atoms with Crippen LogP contribution in [0, 0.1) is 16.7 Å². The Kier molecular flexibility index (Phi) is 1.69. The predicted octanol–water partition coefficient (Wildman–Crippen LogP) is 2.79. The molecule has 3 heteroatoms. The van der Waals surface area contributed by atoms with E-state index in [0.29, 0.717) is 5.92 Å². The van der Waals surface area contributed by atoms with Crippen LogP contribution < -0.4 is 0 Å². The van der Waals surface area contributed by atoms with Crippen LogP contribution in [0.4, 0.5) is 0 Å². The van der Waals surface area contributed by atoms with Crippen molar-refractivity contribution in [2.45, 2.75) is 26.7 Å². The van der Waals surface area contributed by atoms with Crippen LogP contribution >= 0.6 is 15.9 Å². The van der Waals surface area contributed by atoms with Crippen molar-refractivity contribution >= 4 is 21.9 Å². The molecule has 3 atom stereocenters. The van der Waals surface area contributed by atoms with Gasteiger partial charge in [-0.05, 0) is 24.2 Å². The third kappa shape index (κ3) is 0.862. The summed E-state index contributed by atoms with van der Waals surface area (Å²) in [6, 6.07) is 0. The van der Waals surface area contributed by atoms with E-state index < -0.39 is 11.4 Å². The average molecular weight is 245 g/mol. The van der Waals surface area contributed by atoms with Gasteiger partial charge in [0.25, 0.3) is 0 Å². The lowest BCUT2D eigenvalue weighted by atomic mass is 9.59. The van der Waals surface area contributed by atoms with E-state index in [2.05, 4.69) is 28.9 Å². The predicted molar refractivity (Wildman–Crippen MR) is 53.6 cm³/mol. The fourth-order valence-electron chi connectivity index (χ4n) is 2.70. The second kappa shape index (κ2) is 2.38. The smallest absolute Gasteiger partial charge is 0.310 e. The molecule has 1 fully saturated rings. The average Bonchev–Trinajstić information content (AvgIpc) is 2.22. The van der Waals surface area contributed by atoms with Gasteiger partial charge in [0.1, 0.15) is 0 Å². The molecule has 2 aliphatic carbocycles. The summed E-state index contributed by atoms with van der Waals surface area (Å²) in [4.78, 5) is 11.2. The summed E-state index contributed by atoms with van der Waals surface area (Å²) in [6.45, 7) is 3.93. The molecule has 0 aromatic carbocycles. The van der Waals surface area contributed by atoms with E-state index in [0.717, 1.165) is 12.8 Å². The van der Waals surface area contributed by atoms with Gasteiger partial charge >= 0.3 is 5.97 Å². The topological polar surface area (TPSA) is 37.3 Å². The molecule has 72 valence electrons. The van der Waals surface area contributed by atoms with Gasteiger partial charge in [-0.25, -0.2) is 0 Å². The molecule has 2 nitrogen and oxygen atoms in total. The van der Waals surface area contributed by atoms with Crippen molar-refractivity contribution in [1.82, 2.24) is 0 Å². The van der Waals surface area contributed by atoms with Gasteiger partial charge in [-0.1, -0.05) is 28.9 Å². The third-order valence-corrected chi connectivity index (χ3v) is 4.87. The van der Waals surface area contributed by atoms with Crippen LogP contribution in [0.2, 0.25) is 0 Å². The second-order valence-corrected chi connectivity index (χ2v) is 5.46. The number of rotatable bonds is 1. The molecule has 1 saturated carbocycles. The van der Waals surface area contributed by atoms with E-state index in [-0.39, 0.29) is 5.41 Å². The van der Waals surface area contributed by atoms with E-state index >= 15 is 0 Å². The van der Waals surface area contributed by atoms with Crippen molar-refractivity contribution in [1.29, 1.82) is 0 Å². The normalized spacial score (nSPS) is 47.9. The quantitative estimate of drug-likeness (QED) is 0.771. The molecule has 0 radical (unpaired) electrons. The summed E-state index contributed by atoms with van der Waals surface area (Å²) in [7, 11) is 0. The molecule has 0 heterocycles. The molecule has 1 N–H and O–H groups in total. The number of aliphatic carboxylic acids is 1. The van der Waals surface area contributed by atoms with Crippen molar-refractivity contribution in [3.8, 4) is 0 Å². The summed E-state index contributed by atoms with van der Waals surface area (Å²) in [6.07, 6.45) is 3.85. The van der Waals surface area contributed by atoms with Crippen LogP contribution in [-0.4, -0.2) is 11.1 Å². The Balaban J connectivity index is 2.42. The highest BCUT2D eigenvalue weighted by Gasteiger charge is 2.62. The summed E-state index contributed by atoms with van der Waals surface area (Å²) in [5.41, 5.74) is -0.688. The number of allylic oxidation sites excluding steroid dienone is 2. The SMILES string of the molecule is C[C@]1(C(=O)O)CC[C@@H]2C(Br)=C[C@]21C. The van der Waals surface area contributed by atoms with Crippen LogP contribution in [0.1, 0.15) is 26.7 Å². The van der Waals surface area contributed by atoms with Crippen molar-refractivity contribution in [2.75, 3.05) is 0 Å². The molecule has 0 bridgehead atoms. The van der Waals surface area contributed by atoms with Crippen molar-refractivity contribution in [3.05, 3.63) is 10.6 Å². The van der Waals surface area contributed by atoms with Crippen molar-refractivity contribution < 1.29 is 9.90 Å². The van der Waals surface area contributed by atoms with Gasteiger partial charge in [0.15, 0.2) is 0 Å². The van der Waals surface area contributed by atoms with E-state index in [1.54, 1.807) is 0 Å². The maximum Gasteiger partial charge on any atom is 0.310 e. The molecular weight excluding hydrogens is 232 g/mol. The lowest BCUT2D eigenvalue weighted by Gasteiger charge is -2.46. The summed E-state index contributed by atoms with van der Waals surface area (Å²) < 4.78 is 1.19. The first-order valence-corrected chi connectivity index (χ1v) is 5.33. The zero-order valence-corrected chi connectivity index (χ0v) is 9.39. The highest BCUT2D eigenvalue weighted by Crippen LogP contribution is 2.66. The number of hydrogen-bond donors (Lipinski definition) is 1. The van der Waals surface area contributed by atoms with Crippen molar-refractivity contribution in [3.63, 3.8) is 0 Å². The lowest BCUT2D eigenvalue weighted by Crippen LogP contribution is -2.45. The number of carboxylic acid groups (broad SMARTS) is 1. The molecule has 13 heavy (non-hydrogen) atoms. The minimum absolute atomic E-state index is 0.127. The van der Waals surface area contributed by atoms with Crippen LogP contribution in [0.15, 0.2) is 10.6 Å². The minimum Gasteiger partial charge on any atom is -0.481 e. The highest BCUT2D eigenvalue weighted by atomic mass is 79.9. The van der Waals surface area contributed by atoms with E-state index in [1.807, 2.05) is 6.92 Å². The maximum absolute atomic E-state index is 11.2. The molecule has 2 rings (SSSR count). The number of halogens is 1. The Bertz CT molecular complexity index is 310. The molecule has 0 amide bonds. The van der Waals surface area contributed by atoms with E-state index in [1.165, 1.54) is 4.48 Å². The number of carboxylic acids is 1. The van der Waals surface area contributed by atoms with E-state index in [9.17, 15) is 9.90 Å². The minimum atomic E-state index is -0.659. The van der Waals surface area contributed by atoms with Crippen LogP contribution in [0.5, 0.6) is 0 Å². The Labute approximate surface area is 86.1 Å². The zero-order valence-electron chi connectivity index (χ0n) is 7.80. The highest BCUT2D eigenvalue weighted by molar-refractivity contribution is 9.11. The van der Waals surface area contributed by atoms with Gasteiger partial charge in [-0.2, -0.15) is 0 Å². The first-order chi connectivity index (χ1) is 5.92. The number of fused-ring (bicyclic) bond motifs is 1. The van der Waals surface area contributed by atoms with Crippen LogP contribution in [0.25, 0.3) is 0 Å². The van der Waals surface area contributed by atoms with Gasteiger partial charge < -0.3 is 5.11 Å². The molecular formula is C10H13BrO2. The number of hydrogen-bond acceptors (Lipinski definition) is 1. The Morgan fingerprint density at radius 1 is 1.69 bits per heavy atom. The molecule has 0 aliphatic heterocycles. The zero-order chi connectivity index (χ0) is 9.85. The molecule has 0 saturated heterocycles. The van der Waals surface area contributed by atoms with Gasteiger partial charge in [0.2, 0.25) is 0 Å². The summed E-state index contributed by atoms with van der Waals surface area (Å²) in [5, 5.41) is 9.20. The van der Waals surface area contributed by atoms with Gasteiger partial charge in [-0.3, -0.25) is 4.79 Å². The van der Waals surface area contributed by atoms with Crippen molar-refractivity contribution in [2.24, 2.45) is 16.7 Å². The molecule has 0 aromatic rings. The third-order valence-electron chi connectivity index (χ3n) is 4.09. The van der Waals surface area contributed by atoms with Gasteiger partial charge in [0, 0.05) is 11.3 Å². The Morgan fingerprint density at radius 3 is 2.69 bits per heavy atom. The summed E-state index contributed by atoms with van der Waals surface area (Å²) >= 11 is 3.47. The Morgan fingerprint density at radius 2 is 2.31 bits per heavy atom. The summed E-state index contributed by atoms with van der Waals surface area (Å²) in [5.74, 6) is -0.220. The first-order valence-electron chi connectivity index (χ1n) is 4.53. The number of carbonyl (C=O) groups is 1. The standard InChI is InChI=1S/C10H13BrO2/c1-9(8(12)13)4-3-6-7(11)5-10(6,9)2/h5-6H,3-4H2,1-2H3,(H,12,13)/t6-,9-,10-/m1/s1. The molecule has 0 spiro atoms.